The van der Waals surface area contributed by atoms with E-state index in [1.165, 1.54) is 6.33 Å². The van der Waals surface area contributed by atoms with Gasteiger partial charge in [-0.2, -0.15) is 5.10 Å². The first-order valence-corrected chi connectivity index (χ1v) is 6.99. The van der Waals surface area contributed by atoms with E-state index in [-0.39, 0.29) is 23.8 Å². The van der Waals surface area contributed by atoms with E-state index in [4.69, 9.17) is 4.74 Å². The minimum atomic E-state index is -0.285. The summed E-state index contributed by atoms with van der Waals surface area (Å²) in [5.41, 5.74) is 1.01. The fourth-order valence-corrected chi connectivity index (χ4v) is 3.34. The summed E-state index contributed by atoms with van der Waals surface area (Å²) in [6.45, 7) is 2.38. The lowest BCUT2D eigenvalue weighted by molar-refractivity contribution is 0.0630. The predicted octanol–water partition coefficient (Wildman–Crippen LogP) is -0.190. The SMILES string of the molecule is O=C(c1ccc2ncnn2c1)N1C[C@H]2COC[C@@]2(CO)C1. The Morgan fingerprint density at radius 2 is 2.43 bits per heavy atom. The Morgan fingerprint density at radius 1 is 1.52 bits per heavy atom. The molecule has 7 heteroatoms. The summed E-state index contributed by atoms with van der Waals surface area (Å²) in [6.07, 6.45) is 3.16. The zero-order chi connectivity index (χ0) is 14.4. The summed E-state index contributed by atoms with van der Waals surface area (Å²) in [5.74, 6) is 0.191. The molecule has 110 valence electrons. The van der Waals surface area contributed by atoms with E-state index in [1.54, 1.807) is 22.8 Å². The summed E-state index contributed by atoms with van der Waals surface area (Å²) in [4.78, 5) is 18.5. The molecule has 2 aromatic rings. The number of aliphatic hydroxyl groups is 1. The average molecular weight is 288 g/mol. The highest BCUT2D eigenvalue weighted by Gasteiger charge is 2.51. The van der Waals surface area contributed by atoms with E-state index in [0.29, 0.717) is 37.5 Å². The molecular weight excluding hydrogens is 272 g/mol. The number of rotatable bonds is 2. The molecule has 1 N–H and O–H groups in total. The first-order valence-electron chi connectivity index (χ1n) is 6.99. The molecule has 0 saturated carbocycles. The zero-order valence-corrected chi connectivity index (χ0v) is 11.5. The number of carbonyl (C=O) groups excluding carboxylic acids is 1. The normalized spacial score (nSPS) is 28.2. The van der Waals surface area contributed by atoms with Crippen LogP contribution in [0.25, 0.3) is 5.65 Å². The number of nitrogens with zero attached hydrogens (tertiary/aromatic N) is 4. The van der Waals surface area contributed by atoms with Gasteiger partial charge in [0.15, 0.2) is 5.65 Å². The van der Waals surface area contributed by atoms with Gasteiger partial charge in [-0.05, 0) is 12.1 Å². The van der Waals surface area contributed by atoms with Gasteiger partial charge < -0.3 is 14.7 Å². The first-order chi connectivity index (χ1) is 10.2. The third-order valence-electron chi connectivity index (χ3n) is 4.64. The Labute approximate surface area is 121 Å². The van der Waals surface area contributed by atoms with Gasteiger partial charge >= 0.3 is 0 Å². The quantitative estimate of drug-likeness (QED) is 0.828. The molecule has 4 heterocycles. The highest BCUT2D eigenvalue weighted by Crippen LogP contribution is 2.41. The topological polar surface area (TPSA) is 80.0 Å². The van der Waals surface area contributed by atoms with Gasteiger partial charge in [-0.3, -0.25) is 4.79 Å². The van der Waals surface area contributed by atoms with Gasteiger partial charge in [-0.15, -0.1) is 0 Å². The minimum Gasteiger partial charge on any atom is -0.396 e. The highest BCUT2D eigenvalue weighted by atomic mass is 16.5. The molecule has 0 radical (unpaired) electrons. The van der Waals surface area contributed by atoms with Crippen molar-refractivity contribution in [3.8, 4) is 0 Å². The van der Waals surface area contributed by atoms with Crippen molar-refractivity contribution in [2.24, 2.45) is 11.3 Å². The molecule has 7 nitrogen and oxygen atoms in total. The number of carbonyl (C=O) groups is 1. The van der Waals surface area contributed by atoms with E-state index < -0.39 is 0 Å². The second-order valence-corrected chi connectivity index (χ2v) is 5.90. The van der Waals surface area contributed by atoms with Crippen molar-refractivity contribution in [1.29, 1.82) is 0 Å². The van der Waals surface area contributed by atoms with Crippen LogP contribution < -0.4 is 0 Å². The Bertz CT molecular complexity index is 700. The van der Waals surface area contributed by atoms with Crippen molar-refractivity contribution in [1.82, 2.24) is 19.5 Å². The minimum absolute atomic E-state index is 0.0328. The van der Waals surface area contributed by atoms with Gasteiger partial charge in [0.2, 0.25) is 0 Å². The summed E-state index contributed by atoms with van der Waals surface area (Å²) in [7, 11) is 0. The number of fused-ring (bicyclic) bond motifs is 2. The molecule has 2 atom stereocenters. The van der Waals surface area contributed by atoms with Crippen molar-refractivity contribution < 1.29 is 14.6 Å². The standard InChI is InChI=1S/C14H16N4O3/c19-7-14-6-17(4-11(14)5-21-8-14)13(20)10-1-2-12-15-9-16-18(12)3-10/h1-3,9,11,19H,4-8H2/t11-,14-/m0/s1. The Hall–Kier alpha value is -1.99. The van der Waals surface area contributed by atoms with E-state index in [0.717, 1.165) is 0 Å². The molecule has 0 aliphatic carbocycles. The van der Waals surface area contributed by atoms with Crippen LogP contribution in [0, 0.1) is 11.3 Å². The molecular formula is C14H16N4O3. The number of hydrogen-bond acceptors (Lipinski definition) is 5. The molecule has 2 fully saturated rings. The van der Waals surface area contributed by atoms with Crippen LogP contribution in [0.1, 0.15) is 10.4 Å². The third-order valence-corrected chi connectivity index (χ3v) is 4.64. The Balaban J connectivity index is 1.60. The monoisotopic (exact) mass is 288 g/mol. The van der Waals surface area contributed by atoms with Crippen molar-refractivity contribution in [2.45, 2.75) is 0 Å². The van der Waals surface area contributed by atoms with Crippen molar-refractivity contribution >= 4 is 11.6 Å². The molecule has 0 aromatic carbocycles. The number of hydrogen-bond donors (Lipinski definition) is 1. The van der Waals surface area contributed by atoms with Crippen LogP contribution in [0.2, 0.25) is 0 Å². The van der Waals surface area contributed by atoms with E-state index in [9.17, 15) is 9.90 Å². The summed E-state index contributed by atoms with van der Waals surface area (Å²) >= 11 is 0. The van der Waals surface area contributed by atoms with E-state index in [2.05, 4.69) is 10.1 Å². The molecule has 0 spiro atoms. The predicted molar refractivity (Wildman–Crippen MR) is 72.7 cm³/mol. The van der Waals surface area contributed by atoms with Gasteiger partial charge in [0, 0.05) is 30.6 Å². The smallest absolute Gasteiger partial charge is 0.255 e. The maximum atomic E-state index is 12.6. The summed E-state index contributed by atoms with van der Waals surface area (Å²) in [5, 5.41) is 13.7. The number of ether oxygens (including phenoxy) is 1. The van der Waals surface area contributed by atoms with Crippen LogP contribution in [0.5, 0.6) is 0 Å². The first kappa shape index (κ1) is 12.7. The summed E-state index contributed by atoms with van der Waals surface area (Å²) in [6, 6.07) is 3.55. The molecule has 2 saturated heterocycles. The van der Waals surface area contributed by atoms with Crippen molar-refractivity contribution in [3.63, 3.8) is 0 Å². The molecule has 1 amide bonds. The van der Waals surface area contributed by atoms with Gasteiger partial charge in [0.25, 0.3) is 5.91 Å². The van der Waals surface area contributed by atoms with Gasteiger partial charge in [-0.1, -0.05) is 0 Å². The van der Waals surface area contributed by atoms with Crippen LogP contribution in [-0.4, -0.2) is 63.4 Å². The van der Waals surface area contributed by atoms with Gasteiger partial charge in [0.1, 0.15) is 6.33 Å². The highest BCUT2D eigenvalue weighted by molar-refractivity contribution is 5.94. The number of aromatic nitrogens is 3. The lowest BCUT2D eigenvalue weighted by atomic mass is 9.82. The second kappa shape index (κ2) is 4.51. The molecule has 2 aliphatic heterocycles. The largest absolute Gasteiger partial charge is 0.396 e. The molecule has 0 bridgehead atoms. The summed E-state index contributed by atoms with van der Waals surface area (Å²) < 4.78 is 7.06. The fraction of sp³-hybridized carbons (Fsp3) is 0.500. The number of aliphatic hydroxyl groups excluding tert-OH is 1. The number of likely N-dealkylation sites (tertiary alicyclic amines) is 1. The maximum Gasteiger partial charge on any atom is 0.255 e. The van der Waals surface area contributed by atoms with Crippen LogP contribution in [0.15, 0.2) is 24.7 Å². The van der Waals surface area contributed by atoms with Crippen LogP contribution in [0.4, 0.5) is 0 Å². The second-order valence-electron chi connectivity index (χ2n) is 5.90. The molecule has 21 heavy (non-hydrogen) atoms. The van der Waals surface area contributed by atoms with E-state index in [1.807, 2.05) is 4.90 Å². The zero-order valence-electron chi connectivity index (χ0n) is 11.5. The third kappa shape index (κ3) is 1.85. The molecule has 2 aliphatic rings. The van der Waals surface area contributed by atoms with Crippen molar-refractivity contribution in [3.05, 3.63) is 30.2 Å². The molecule has 4 rings (SSSR count). The van der Waals surface area contributed by atoms with E-state index >= 15 is 0 Å². The number of amides is 1. The lowest BCUT2D eigenvalue weighted by Gasteiger charge is -2.24. The molecule has 0 unspecified atom stereocenters. The van der Waals surface area contributed by atoms with Gasteiger partial charge in [0.05, 0.1) is 25.4 Å². The average Bonchev–Trinajstić information content (AvgIpc) is 3.18. The number of pyridine rings is 1. The Kier molecular flexibility index (Phi) is 2.73. The van der Waals surface area contributed by atoms with Crippen LogP contribution >= 0.6 is 0 Å². The lowest BCUT2D eigenvalue weighted by Crippen LogP contribution is -2.36. The Morgan fingerprint density at radius 3 is 3.24 bits per heavy atom. The van der Waals surface area contributed by atoms with Crippen LogP contribution in [-0.2, 0) is 4.74 Å². The van der Waals surface area contributed by atoms with Crippen molar-refractivity contribution in [2.75, 3.05) is 32.9 Å². The fourth-order valence-electron chi connectivity index (χ4n) is 3.34. The van der Waals surface area contributed by atoms with Crippen LogP contribution in [0.3, 0.4) is 0 Å². The molecule has 2 aromatic heterocycles. The van der Waals surface area contributed by atoms with Gasteiger partial charge in [-0.25, -0.2) is 9.50 Å². The maximum absolute atomic E-state index is 12.6.